The monoisotopic (exact) mass is 451 g/mol. The summed E-state index contributed by atoms with van der Waals surface area (Å²) in [7, 11) is 1.62. The number of carbonyl (C=O) groups excluding carboxylic acids is 2. The van der Waals surface area contributed by atoms with Crippen molar-refractivity contribution in [2.45, 2.75) is 33.6 Å². The number of nitrogens with one attached hydrogen (secondary N) is 1. The molecule has 0 unspecified atom stereocenters. The molecule has 0 saturated heterocycles. The third-order valence-electron chi connectivity index (χ3n) is 5.40. The summed E-state index contributed by atoms with van der Waals surface area (Å²) in [6.07, 6.45) is 0.193. The van der Waals surface area contributed by atoms with Crippen molar-refractivity contribution in [3.8, 4) is 5.75 Å². The van der Waals surface area contributed by atoms with E-state index in [2.05, 4.69) is 35.3 Å². The smallest absolute Gasteiger partial charge is 0.240 e. The molecule has 0 aliphatic rings. The van der Waals surface area contributed by atoms with Gasteiger partial charge in [-0.2, -0.15) is 5.10 Å². The minimum atomic E-state index is -0.283. The van der Waals surface area contributed by atoms with Crippen molar-refractivity contribution in [1.82, 2.24) is 5.43 Å². The van der Waals surface area contributed by atoms with E-state index in [1.807, 2.05) is 36.6 Å². The van der Waals surface area contributed by atoms with Crippen molar-refractivity contribution in [3.05, 3.63) is 59.0 Å². The highest BCUT2D eigenvalue weighted by Crippen LogP contribution is 2.30. The number of fused-ring (bicyclic) bond motifs is 1. The maximum absolute atomic E-state index is 12.7. The first-order valence-corrected chi connectivity index (χ1v) is 11.6. The van der Waals surface area contributed by atoms with Crippen molar-refractivity contribution in [2.75, 3.05) is 25.1 Å². The maximum atomic E-state index is 12.7. The molecule has 6 nitrogen and oxygen atoms in total. The quantitative estimate of drug-likeness (QED) is 0.259. The summed E-state index contributed by atoms with van der Waals surface area (Å²) in [5.41, 5.74) is 5.78. The van der Waals surface area contributed by atoms with Crippen LogP contribution in [0.2, 0.25) is 0 Å². The number of amides is 1. The van der Waals surface area contributed by atoms with Gasteiger partial charge in [-0.25, -0.2) is 5.43 Å². The van der Waals surface area contributed by atoms with Gasteiger partial charge < -0.3 is 9.64 Å². The number of carbonyl (C=O) groups is 2. The molecule has 0 fully saturated rings. The lowest BCUT2D eigenvalue weighted by atomic mass is 10.0. The number of ether oxygens (including phenoxy) is 1. The molecule has 1 heterocycles. The van der Waals surface area contributed by atoms with Crippen molar-refractivity contribution in [1.29, 1.82) is 0 Å². The molecular formula is C25H29N3O3S. The van der Waals surface area contributed by atoms with E-state index >= 15 is 0 Å². The van der Waals surface area contributed by atoms with Crippen LogP contribution in [0.15, 0.2) is 52.9 Å². The first-order valence-electron chi connectivity index (χ1n) is 10.7. The highest BCUT2D eigenvalue weighted by molar-refractivity contribution is 7.17. The van der Waals surface area contributed by atoms with Crippen LogP contribution < -0.4 is 15.1 Å². The predicted octanol–water partition coefficient (Wildman–Crippen LogP) is 5.26. The summed E-state index contributed by atoms with van der Waals surface area (Å²) in [5.74, 6) is 0.365. The minimum Gasteiger partial charge on any atom is -0.495 e. The van der Waals surface area contributed by atoms with E-state index in [4.69, 9.17) is 4.74 Å². The Labute approximate surface area is 192 Å². The Kier molecular flexibility index (Phi) is 8.00. The molecule has 0 bridgehead atoms. The van der Waals surface area contributed by atoms with Crippen LogP contribution in [0, 0.1) is 0 Å². The van der Waals surface area contributed by atoms with E-state index in [-0.39, 0.29) is 24.5 Å². The van der Waals surface area contributed by atoms with Crippen LogP contribution >= 0.6 is 11.3 Å². The number of ketones is 1. The molecule has 3 rings (SSSR count). The third kappa shape index (κ3) is 5.34. The lowest BCUT2D eigenvalue weighted by molar-refractivity contribution is -0.121. The molecule has 0 saturated carbocycles. The number of nitrogens with zero attached hydrogens (tertiary/aromatic N) is 2. The zero-order valence-electron chi connectivity index (χ0n) is 19.0. The zero-order valence-corrected chi connectivity index (χ0v) is 19.8. The minimum absolute atomic E-state index is 0.0760. The Morgan fingerprint density at radius 2 is 1.84 bits per heavy atom. The van der Waals surface area contributed by atoms with Gasteiger partial charge in [-0.05, 0) is 45.0 Å². The second-order valence-corrected chi connectivity index (χ2v) is 8.27. The standard InChI is InChI=1S/C25H29N3O3S/c1-5-28(6-2)21-15-18(11-13-23(21)31-4)22(29)12-14-25(30)27-26-17(3)20-16-32-24-10-8-7-9-19(20)24/h7-11,13,15-16H,5-6,12,14H2,1-4H3,(H,27,30)/b26-17+. The lowest BCUT2D eigenvalue weighted by Crippen LogP contribution is -2.23. The van der Waals surface area contributed by atoms with Crippen LogP contribution in [0.4, 0.5) is 5.69 Å². The number of anilines is 1. The molecule has 0 spiro atoms. The largest absolute Gasteiger partial charge is 0.495 e. The van der Waals surface area contributed by atoms with Crippen LogP contribution in [0.3, 0.4) is 0 Å². The van der Waals surface area contributed by atoms with Crippen molar-refractivity contribution >= 4 is 44.5 Å². The van der Waals surface area contributed by atoms with Gasteiger partial charge in [0.15, 0.2) is 5.78 Å². The van der Waals surface area contributed by atoms with Crippen molar-refractivity contribution in [3.63, 3.8) is 0 Å². The number of hydrazone groups is 1. The molecule has 1 aromatic heterocycles. The van der Waals surface area contributed by atoms with Crippen LogP contribution in [0.5, 0.6) is 5.75 Å². The second-order valence-electron chi connectivity index (χ2n) is 7.36. The van der Waals surface area contributed by atoms with Gasteiger partial charge in [-0.3, -0.25) is 9.59 Å². The average Bonchev–Trinajstić information content (AvgIpc) is 3.26. The number of methoxy groups -OCH3 is 1. The number of thiophene rings is 1. The van der Waals surface area contributed by atoms with E-state index in [9.17, 15) is 9.59 Å². The van der Waals surface area contributed by atoms with E-state index in [0.29, 0.717) is 5.56 Å². The maximum Gasteiger partial charge on any atom is 0.240 e. The fourth-order valence-corrected chi connectivity index (χ4v) is 4.57. The number of benzene rings is 2. The molecule has 0 aliphatic carbocycles. The Morgan fingerprint density at radius 3 is 2.56 bits per heavy atom. The Morgan fingerprint density at radius 1 is 1.09 bits per heavy atom. The molecule has 32 heavy (non-hydrogen) atoms. The molecule has 0 aliphatic heterocycles. The first-order chi connectivity index (χ1) is 15.5. The molecule has 1 N–H and O–H groups in total. The highest BCUT2D eigenvalue weighted by Gasteiger charge is 2.15. The third-order valence-corrected chi connectivity index (χ3v) is 6.37. The molecule has 168 valence electrons. The molecular weight excluding hydrogens is 422 g/mol. The number of hydrogen-bond acceptors (Lipinski definition) is 6. The summed E-state index contributed by atoms with van der Waals surface area (Å²) in [6.45, 7) is 7.60. The molecule has 3 aromatic rings. The van der Waals surface area contributed by atoms with E-state index in [0.717, 1.165) is 41.2 Å². The van der Waals surface area contributed by atoms with Crippen molar-refractivity contribution in [2.24, 2.45) is 5.10 Å². The zero-order chi connectivity index (χ0) is 23.1. The summed E-state index contributed by atoms with van der Waals surface area (Å²) < 4.78 is 6.62. The van der Waals surface area contributed by atoms with Crippen molar-refractivity contribution < 1.29 is 14.3 Å². The molecule has 2 aromatic carbocycles. The molecule has 1 amide bonds. The predicted molar refractivity (Wildman–Crippen MR) is 132 cm³/mol. The van der Waals surface area contributed by atoms with Gasteiger partial charge in [0.2, 0.25) is 5.91 Å². The van der Waals surface area contributed by atoms with Crippen LogP contribution in [0.25, 0.3) is 10.1 Å². The van der Waals surface area contributed by atoms with Gasteiger partial charge >= 0.3 is 0 Å². The number of hydrogen-bond donors (Lipinski definition) is 1. The first kappa shape index (κ1) is 23.5. The van der Waals surface area contributed by atoms with Gasteiger partial charge in [0.05, 0.1) is 18.5 Å². The molecule has 0 radical (unpaired) electrons. The van der Waals surface area contributed by atoms with E-state index < -0.39 is 0 Å². The summed E-state index contributed by atoms with van der Waals surface area (Å²) in [5, 5.41) is 7.39. The number of rotatable bonds is 10. The fourth-order valence-electron chi connectivity index (χ4n) is 3.57. The van der Waals surface area contributed by atoms with E-state index in [1.165, 1.54) is 4.70 Å². The van der Waals surface area contributed by atoms with Gasteiger partial charge in [-0.1, -0.05) is 18.2 Å². The lowest BCUT2D eigenvalue weighted by Gasteiger charge is -2.23. The number of Topliss-reactive ketones (excluding diaryl/α,β-unsaturated/α-hetero) is 1. The van der Waals surface area contributed by atoms with Crippen LogP contribution in [-0.4, -0.2) is 37.6 Å². The van der Waals surface area contributed by atoms with Gasteiger partial charge in [0.25, 0.3) is 0 Å². The van der Waals surface area contributed by atoms with Gasteiger partial charge in [-0.15, -0.1) is 11.3 Å². The molecule has 7 heteroatoms. The van der Waals surface area contributed by atoms with Gasteiger partial charge in [0.1, 0.15) is 5.75 Å². The van der Waals surface area contributed by atoms with Crippen LogP contribution in [0.1, 0.15) is 49.5 Å². The normalized spacial score (nSPS) is 11.4. The van der Waals surface area contributed by atoms with Gasteiger partial charge in [0, 0.05) is 52.5 Å². The Hall–Kier alpha value is -3.19. The fraction of sp³-hybridized carbons (Fsp3) is 0.320. The molecule has 0 atom stereocenters. The topological polar surface area (TPSA) is 71.0 Å². The van der Waals surface area contributed by atoms with Crippen LogP contribution in [-0.2, 0) is 4.79 Å². The average molecular weight is 452 g/mol. The Bertz CT molecular complexity index is 1130. The highest BCUT2D eigenvalue weighted by atomic mass is 32.1. The second kappa shape index (κ2) is 10.9. The Balaban J connectivity index is 1.61. The summed E-state index contributed by atoms with van der Waals surface area (Å²) >= 11 is 1.65. The summed E-state index contributed by atoms with van der Waals surface area (Å²) in [4.78, 5) is 27.1. The SMILES string of the molecule is CCN(CC)c1cc(C(=O)CCC(=O)N/N=C(\C)c2csc3ccccc23)ccc1OC. The summed E-state index contributed by atoms with van der Waals surface area (Å²) in [6, 6.07) is 13.5. The van der Waals surface area contributed by atoms with E-state index in [1.54, 1.807) is 30.6 Å².